The predicted octanol–water partition coefficient (Wildman–Crippen LogP) is 9.32. The van der Waals surface area contributed by atoms with E-state index in [1.807, 2.05) is 6.08 Å². The summed E-state index contributed by atoms with van der Waals surface area (Å²) in [5.41, 5.74) is 0.543. The maximum atomic E-state index is 14.8. The molecule has 2 fully saturated rings. The Morgan fingerprint density at radius 3 is 2.16 bits per heavy atom. The highest BCUT2D eigenvalue weighted by molar-refractivity contribution is 5.33. The van der Waals surface area contributed by atoms with Gasteiger partial charge in [0.05, 0.1) is 6.26 Å². The standard InChI is InChI=1S/C28H42F2O/c1-3-5-6-7-8-20-31-26-19-18-25(27(29)28(26)30)24-16-14-23(15-17-24)22-12-10-21(9-4-2)11-13-22/h8,18-24H,3-7,9-17H2,1-2H3. The van der Waals surface area contributed by atoms with E-state index >= 15 is 0 Å². The summed E-state index contributed by atoms with van der Waals surface area (Å²) in [6, 6.07) is 3.35. The zero-order valence-corrected chi connectivity index (χ0v) is 19.7. The highest BCUT2D eigenvalue weighted by Crippen LogP contribution is 2.45. The zero-order chi connectivity index (χ0) is 22.1. The molecule has 0 amide bonds. The molecule has 0 spiro atoms. The lowest BCUT2D eigenvalue weighted by Gasteiger charge is -2.38. The fraction of sp³-hybridized carbons (Fsp3) is 0.714. The molecule has 2 saturated carbocycles. The Balaban J connectivity index is 1.49. The van der Waals surface area contributed by atoms with Gasteiger partial charge in [0.15, 0.2) is 11.6 Å². The SMILES string of the molecule is CCCCCC=COc1ccc(C2CCC(C3CCC(CCC)CC3)CC2)c(F)c1F. The molecule has 1 aromatic carbocycles. The van der Waals surface area contributed by atoms with Crippen LogP contribution in [0.25, 0.3) is 0 Å². The van der Waals surface area contributed by atoms with E-state index in [0.717, 1.165) is 62.7 Å². The third-order valence-corrected chi connectivity index (χ3v) is 7.81. The van der Waals surface area contributed by atoms with Crippen molar-refractivity contribution in [1.29, 1.82) is 0 Å². The first-order chi connectivity index (χ1) is 15.1. The molecule has 174 valence electrons. The van der Waals surface area contributed by atoms with Crippen LogP contribution in [-0.2, 0) is 0 Å². The van der Waals surface area contributed by atoms with E-state index in [2.05, 4.69) is 13.8 Å². The van der Waals surface area contributed by atoms with Gasteiger partial charge in [0.25, 0.3) is 0 Å². The fourth-order valence-corrected chi connectivity index (χ4v) is 5.91. The van der Waals surface area contributed by atoms with Crippen LogP contribution in [0.5, 0.6) is 5.75 Å². The summed E-state index contributed by atoms with van der Waals surface area (Å²) in [4.78, 5) is 0. The molecule has 2 aliphatic rings. The second kappa shape index (κ2) is 12.6. The van der Waals surface area contributed by atoms with E-state index < -0.39 is 11.6 Å². The molecule has 0 N–H and O–H groups in total. The molecule has 3 rings (SSSR count). The molecule has 0 radical (unpaired) electrons. The summed E-state index contributed by atoms with van der Waals surface area (Å²) in [7, 11) is 0. The molecule has 0 atom stereocenters. The number of hydrogen-bond donors (Lipinski definition) is 0. The second-order valence-corrected chi connectivity index (χ2v) is 9.95. The summed E-state index contributed by atoms with van der Waals surface area (Å²) in [6.45, 7) is 4.45. The van der Waals surface area contributed by atoms with E-state index in [1.165, 1.54) is 51.2 Å². The average Bonchev–Trinajstić information content (AvgIpc) is 2.80. The van der Waals surface area contributed by atoms with Crippen LogP contribution in [0.2, 0.25) is 0 Å². The third-order valence-electron chi connectivity index (χ3n) is 7.81. The summed E-state index contributed by atoms with van der Waals surface area (Å²) in [5, 5.41) is 0. The quantitative estimate of drug-likeness (QED) is 0.264. The van der Waals surface area contributed by atoms with Crippen LogP contribution in [0.3, 0.4) is 0 Å². The summed E-state index contributed by atoms with van der Waals surface area (Å²) in [5.74, 6) is 1.17. The number of rotatable bonds is 10. The van der Waals surface area contributed by atoms with Gasteiger partial charge in [-0.25, -0.2) is 4.39 Å². The molecular formula is C28H42F2O. The largest absolute Gasteiger partial charge is 0.462 e. The van der Waals surface area contributed by atoms with Gasteiger partial charge < -0.3 is 4.74 Å². The van der Waals surface area contributed by atoms with Crippen LogP contribution in [0.1, 0.15) is 115 Å². The van der Waals surface area contributed by atoms with Crippen LogP contribution in [-0.4, -0.2) is 0 Å². The van der Waals surface area contributed by atoms with E-state index in [4.69, 9.17) is 4.74 Å². The van der Waals surface area contributed by atoms with Gasteiger partial charge in [-0.3, -0.25) is 0 Å². The maximum Gasteiger partial charge on any atom is 0.201 e. The number of hydrogen-bond acceptors (Lipinski definition) is 1. The molecule has 0 unspecified atom stereocenters. The molecule has 1 nitrogen and oxygen atoms in total. The van der Waals surface area contributed by atoms with Crippen LogP contribution in [0, 0.1) is 29.4 Å². The van der Waals surface area contributed by atoms with Crippen LogP contribution < -0.4 is 4.74 Å². The molecule has 0 bridgehead atoms. The van der Waals surface area contributed by atoms with Gasteiger partial charge in [-0.2, -0.15) is 4.39 Å². The molecule has 1 aromatic rings. The van der Waals surface area contributed by atoms with Crippen molar-refractivity contribution in [3.05, 3.63) is 41.7 Å². The third kappa shape index (κ3) is 6.80. The molecule has 31 heavy (non-hydrogen) atoms. The Morgan fingerprint density at radius 2 is 1.52 bits per heavy atom. The number of allylic oxidation sites excluding steroid dienone is 1. The van der Waals surface area contributed by atoms with Crippen molar-refractivity contribution in [3.63, 3.8) is 0 Å². The Hall–Kier alpha value is -1.38. The molecule has 0 aromatic heterocycles. The van der Waals surface area contributed by atoms with Crippen LogP contribution in [0.15, 0.2) is 24.5 Å². The van der Waals surface area contributed by atoms with Crippen LogP contribution >= 0.6 is 0 Å². The summed E-state index contributed by atoms with van der Waals surface area (Å²) in [6.07, 6.45) is 20.2. The van der Waals surface area contributed by atoms with Gasteiger partial charge >= 0.3 is 0 Å². The number of benzene rings is 1. The Morgan fingerprint density at radius 1 is 0.839 bits per heavy atom. The number of ether oxygens (including phenoxy) is 1. The second-order valence-electron chi connectivity index (χ2n) is 9.95. The van der Waals surface area contributed by atoms with E-state index in [1.54, 1.807) is 12.1 Å². The van der Waals surface area contributed by atoms with Crippen molar-refractivity contribution in [2.24, 2.45) is 17.8 Å². The minimum absolute atomic E-state index is 0.00878. The van der Waals surface area contributed by atoms with Crippen LogP contribution in [0.4, 0.5) is 8.78 Å². The van der Waals surface area contributed by atoms with Crippen molar-refractivity contribution < 1.29 is 13.5 Å². The van der Waals surface area contributed by atoms with Crippen molar-refractivity contribution in [1.82, 2.24) is 0 Å². The first-order valence-electron chi connectivity index (χ1n) is 12.9. The Bertz CT molecular complexity index is 682. The monoisotopic (exact) mass is 432 g/mol. The van der Waals surface area contributed by atoms with Crippen molar-refractivity contribution in [2.75, 3.05) is 0 Å². The smallest absolute Gasteiger partial charge is 0.201 e. The van der Waals surface area contributed by atoms with Gasteiger partial charge in [0.1, 0.15) is 0 Å². The average molecular weight is 433 g/mol. The molecule has 0 heterocycles. The van der Waals surface area contributed by atoms with Crippen molar-refractivity contribution >= 4 is 0 Å². The van der Waals surface area contributed by atoms with Crippen molar-refractivity contribution in [3.8, 4) is 5.75 Å². The fourth-order valence-electron chi connectivity index (χ4n) is 5.91. The molecule has 2 aliphatic carbocycles. The van der Waals surface area contributed by atoms with Gasteiger partial charge in [0, 0.05) is 0 Å². The lowest BCUT2D eigenvalue weighted by molar-refractivity contribution is 0.156. The number of unbranched alkanes of at least 4 members (excludes halogenated alkanes) is 3. The lowest BCUT2D eigenvalue weighted by atomic mass is 9.68. The molecule has 0 aliphatic heterocycles. The van der Waals surface area contributed by atoms with E-state index in [-0.39, 0.29) is 11.7 Å². The zero-order valence-electron chi connectivity index (χ0n) is 19.7. The molecule has 0 saturated heterocycles. The minimum Gasteiger partial charge on any atom is -0.462 e. The lowest BCUT2D eigenvalue weighted by Crippen LogP contribution is -2.25. The molecular weight excluding hydrogens is 390 g/mol. The first-order valence-corrected chi connectivity index (χ1v) is 12.9. The van der Waals surface area contributed by atoms with Gasteiger partial charge in [0.2, 0.25) is 5.82 Å². The minimum atomic E-state index is -0.841. The first kappa shape index (κ1) is 24.3. The van der Waals surface area contributed by atoms with E-state index in [9.17, 15) is 8.78 Å². The summed E-state index contributed by atoms with van der Waals surface area (Å²) >= 11 is 0. The maximum absolute atomic E-state index is 14.8. The highest BCUT2D eigenvalue weighted by Gasteiger charge is 2.32. The van der Waals surface area contributed by atoms with E-state index in [0.29, 0.717) is 5.56 Å². The van der Waals surface area contributed by atoms with Gasteiger partial charge in [-0.05, 0) is 92.7 Å². The Labute approximate surface area is 188 Å². The highest BCUT2D eigenvalue weighted by atomic mass is 19.2. The summed E-state index contributed by atoms with van der Waals surface area (Å²) < 4.78 is 34.8. The predicted molar refractivity (Wildman–Crippen MR) is 125 cm³/mol. The van der Waals surface area contributed by atoms with Gasteiger partial charge in [-0.15, -0.1) is 0 Å². The normalized spacial score (nSPS) is 27.0. The Kier molecular flexibility index (Phi) is 9.87. The molecule has 3 heteroatoms. The van der Waals surface area contributed by atoms with Crippen molar-refractivity contribution in [2.45, 2.75) is 110 Å². The van der Waals surface area contributed by atoms with Gasteiger partial charge in [-0.1, -0.05) is 58.4 Å². The topological polar surface area (TPSA) is 9.23 Å². The number of halogens is 2.